The molecule has 7 aromatic rings. The molecule has 1 unspecified atom stereocenters. The van der Waals surface area contributed by atoms with Gasteiger partial charge < -0.3 is 0 Å². The molecule has 2 aliphatic carbocycles. The fourth-order valence-corrected chi connectivity index (χ4v) is 8.13. The van der Waals surface area contributed by atoms with Crippen molar-refractivity contribution in [3.63, 3.8) is 0 Å². The summed E-state index contributed by atoms with van der Waals surface area (Å²) >= 11 is 3.64. The van der Waals surface area contributed by atoms with Gasteiger partial charge >= 0.3 is 0 Å². The second kappa shape index (κ2) is 8.89. The van der Waals surface area contributed by atoms with Gasteiger partial charge in [-0.05, 0) is 89.7 Å². The fourth-order valence-electron chi connectivity index (χ4n) is 7.73. The zero-order valence-electron chi connectivity index (χ0n) is 22.8. The zero-order chi connectivity index (χ0) is 27.8. The van der Waals surface area contributed by atoms with Crippen molar-refractivity contribution in [2.45, 2.75) is 5.41 Å². The Labute approximate surface area is 254 Å². The Morgan fingerprint density at radius 3 is 1.74 bits per heavy atom. The van der Waals surface area contributed by atoms with Gasteiger partial charge in [-0.15, -0.1) is 0 Å². The molecule has 0 radical (unpaired) electrons. The third-order valence-electron chi connectivity index (χ3n) is 9.34. The third-order valence-corrected chi connectivity index (χ3v) is 9.83. The Bertz CT molecular complexity index is 2190. The van der Waals surface area contributed by atoms with Crippen molar-refractivity contribution in [1.82, 2.24) is 0 Å². The van der Waals surface area contributed by atoms with Crippen molar-refractivity contribution in [2.75, 3.05) is 0 Å². The summed E-state index contributed by atoms with van der Waals surface area (Å²) in [5.41, 5.74) is 15.4. The third kappa shape index (κ3) is 3.12. The summed E-state index contributed by atoms with van der Waals surface area (Å²) in [6.45, 7) is 0. The summed E-state index contributed by atoms with van der Waals surface area (Å²) in [7, 11) is 0. The minimum Gasteiger partial charge on any atom is -0.0619 e. The maximum absolute atomic E-state index is 3.64. The number of hydrogen-bond acceptors (Lipinski definition) is 0. The average Bonchev–Trinajstić information content (AvgIpc) is 3.52. The van der Waals surface area contributed by atoms with Crippen molar-refractivity contribution < 1.29 is 0 Å². The molecule has 7 aromatic carbocycles. The molecule has 0 nitrogen and oxygen atoms in total. The van der Waals surface area contributed by atoms with Gasteiger partial charge in [0.25, 0.3) is 0 Å². The number of hydrogen-bond donors (Lipinski definition) is 0. The molecule has 0 aliphatic heterocycles. The van der Waals surface area contributed by atoms with Crippen LogP contribution in [0.3, 0.4) is 0 Å². The molecular weight excluding hydrogens is 572 g/mol. The van der Waals surface area contributed by atoms with E-state index in [-0.39, 0.29) is 0 Å². The van der Waals surface area contributed by atoms with Crippen LogP contribution in [0.15, 0.2) is 156 Å². The molecule has 1 heteroatoms. The van der Waals surface area contributed by atoms with Crippen molar-refractivity contribution >= 4 is 26.7 Å². The first kappa shape index (κ1) is 23.9. The van der Waals surface area contributed by atoms with Crippen LogP contribution in [-0.4, -0.2) is 0 Å². The number of fused-ring (bicyclic) bond motifs is 12. The lowest BCUT2D eigenvalue weighted by Crippen LogP contribution is -2.27. The van der Waals surface area contributed by atoms with E-state index in [9.17, 15) is 0 Å². The first-order chi connectivity index (χ1) is 20.7. The van der Waals surface area contributed by atoms with Crippen LogP contribution >= 0.6 is 15.9 Å². The van der Waals surface area contributed by atoms with E-state index < -0.39 is 5.41 Å². The lowest BCUT2D eigenvalue weighted by atomic mass is 9.67. The molecule has 9 rings (SSSR count). The highest BCUT2D eigenvalue weighted by molar-refractivity contribution is 9.10. The lowest BCUT2D eigenvalue weighted by molar-refractivity contribution is 0.803. The van der Waals surface area contributed by atoms with Gasteiger partial charge in [-0.1, -0.05) is 155 Å². The minimum absolute atomic E-state index is 0.404. The van der Waals surface area contributed by atoms with E-state index in [0.29, 0.717) is 0 Å². The van der Waals surface area contributed by atoms with Crippen molar-refractivity contribution in [3.8, 4) is 44.5 Å². The van der Waals surface area contributed by atoms with E-state index in [1.54, 1.807) is 0 Å². The zero-order valence-corrected chi connectivity index (χ0v) is 24.4. The van der Waals surface area contributed by atoms with Gasteiger partial charge in [0.2, 0.25) is 0 Å². The van der Waals surface area contributed by atoms with E-state index in [4.69, 9.17) is 0 Å². The number of rotatable bonds is 2. The van der Waals surface area contributed by atoms with Crippen LogP contribution in [-0.2, 0) is 5.41 Å². The van der Waals surface area contributed by atoms with Crippen LogP contribution < -0.4 is 0 Å². The summed E-state index contributed by atoms with van der Waals surface area (Å²) in [6, 6.07) is 56.2. The first-order valence-corrected chi connectivity index (χ1v) is 15.3. The maximum Gasteiger partial charge on any atom is 0.0737 e. The Kier molecular flexibility index (Phi) is 5.06. The summed E-state index contributed by atoms with van der Waals surface area (Å²) in [4.78, 5) is 0. The molecule has 1 atom stereocenters. The van der Waals surface area contributed by atoms with E-state index in [0.717, 1.165) is 4.47 Å². The topological polar surface area (TPSA) is 0 Å². The molecule has 0 N–H and O–H groups in total. The highest BCUT2D eigenvalue weighted by atomic mass is 79.9. The molecule has 42 heavy (non-hydrogen) atoms. The Hall–Kier alpha value is -4.72. The first-order valence-electron chi connectivity index (χ1n) is 14.5. The second-order valence-electron chi connectivity index (χ2n) is 11.4. The SMILES string of the molecule is Brc1cccc(-c2ccc(-c3cccc4c3C3(c5ccccc5-4)c4ccccc4-c4ccc5ccccc5c43)cc2)c1. The maximum atomic E-state index is 3.64. The second-order valence-corrected chi connectivity index (χ2v) is 12.3. The van der Waals surface area contributed by atoms with Gasteiger partial charge in [0, 0.05) is 4.47 Å². The Morgan fingerprint density at radius 2 is 0.976 bits per heavy atom. The van der Waals surface area contributed by atoms with Crippen molar-refractivity contribution in [1.29, 1.82) is 0 Å². The molecule has 2 aliphatic rings. The number of benzene rings is 7. The van der Waals surface area contributed by atoms with Crippen molar-refractivity contribution in [3.05, 3.63) is 178 Å². The molecule has 0 fully saturated rings. The van der Waals surface area contributed by atoms with E-state index in [1.807, 2.05) is 0 Å². The van der Waals surface area contributed by atoms with Gasteiger partial charge in [0.15, 0.2) is 0 Å². The highest BCUT2D eigenvalue weighted by Crippen LogP contribution is 2.65. The summed E-state index contributed by atoms with van der Waals surface area (Å²) < 4.78 is 1.09. The Morgan fingerprint density at radius 1 is 0.381 bits per heavy atom. The van der Waals surface area contributed by atoms with E-state index >= 15 is 0 Å². The average molecular weight is 598 g/mol. The quantitative estimate of drug-likeness (QED) is 0.186. The predicted molar refractivity (Wildman–Crippen MR) is 179 cm³/mol. The molecule has 0 amide bonds. The summed E-state index contributed by atoms with van der Waals surface area (Å²) in [5, 5.41) is 2.61. The van der Waals surface area contributed by atoms with Crippen LogP contribution in [0.2, 0.25) is 0 Å². The molecule has 196 valence electrons. The normalized spacial score (nSPS) is 15.8. The monoisotopic (exact) mass is 596 g/mol. The van der Waals surface area contributed by atoms with E-state index in [2.05, 4.69) is 168 Å². The largest absolute Gasteiger partial charge is 0.0737 e. The molecule has 0 saturated carbocycles. The molecule has 1 spiro atoms. The Balaban J connectivity index is 1.39. The van der Waals surface area contributed by atoms with Crippen LogP contribution in [0.4, 0.5) is 0 Å². The number of halogens is 1. The molecule has 0 bridgehead atoms. The fraction of sp³-hybridized carbons (Fsp3) is 0.0244. The standard InChI is InChI=1S/C41H25Br/c42-30-11-7-10-29(25-30)26-19-21-28(22-20-26)32-15-8-16-35-33-13-3-5-17-37(33)41(39(32)35)38-18-6-4-14-34(38)36-24-23-27-9-1-2-12-31(27)40(36)41/h1-25H. The van der Waals surface area contributed by atoms with Crippen LogP contribution in [0, 0.1) is 0 Å². The molecule has 0 saturated heterocycles. The molecule has 0 aromatic heterocycles. The van der Waals surface area contributed by atoms with Gasteiger partial charge in [0.05, 0.1) is 5.41 Å². The summed E-state index contributed by atoms with van der Waals surface area (Å²) in [5.74, 6) is 0. The lowest BCUT2D eigenvalue weighted by Gasteiger charge is -2.33. The van der Waals surface area contributed by atoms with E-state index in [1.165, 1.54) is 77.5 Å². The minimum atomic E-state index is -0.404. The van der Waals surface area contributed by atoms with Crippen LogP contribution in [0.5, 0.6) is 0 Å². The van der Waals surface area contributed by atoms with Crippen LogP contribution in [0.25, 0.3) is 55.3 Å². The van der Waals surface area contributed by atoms with Gasteiger partial charge in [-0.2, -0.15) is 0 Å². The van der Waals surface area contributed by atoms with Gasteiger partial charge in [-0.25, -0.2) is 0 Å². The van der Waals surface area contributed by atoms with Gasteiger partial charge in [-0.3, -0.25) is 0 Å². The smallest absolute Gasteiger partial charge is 0.0619 e. The molecule has 0 heterocycles. The highest BCUT2D eigenvalue weighted by Gasteiger charge is 2.53. The summed E-state index contributed by atoms with van der Waals surface area (Å²) in [6.07, 6.45) is 0. The van der Waals surface area contributed by atoms with Gasteiger partial charge in [0.1, 0.15) is 0 Å². The van der Waals surface area contributed by atoms with Crippen LogP contribution in [0.1, 0.15) is 22.3 Å². The predicted octanol–water partition coefficient (Wildman–Crippen LogP) is 11.3. The molecular formula is C41H25Br. The van der Waals surface area contributed by atoms with Crippen molar-refractivity contribution in [2.24, 2.45) is 0 Å².